The van der Waals surface area contributed by atoms with Crippen molar-refractivity contribution >= 4 is 32.8 Å². The van der Waals surface area contributed by atoms with Crippen molar-refractivity contribution in [3.05, 3.63) is 57.7 Å². The molecule has 0 amide bonds. The highest BCUT2D eigenvalue weighted by Gasteiger charge is 2.23. The molecule has 1 fully saturated rings. The van der Waals surface area contributed by atoms with Gasteiger partial charge >= 0.3 is 5.97 Å². The number of fused-ring (bicyclic) bond motifs is 1. The molecule has 1 aliphatic rings. The van der Waals surface area contributed by atoms with E-state index < -0.39 is 5.97 Å². The Morgan fingerprint density at radius 2 is 2.26 bits per heavy atom. The van der Waals surface area contributed by atoms with Gasteiger partial charge < -0.3 is 14.2 Å². The Kier molecular flexibility index (Phi) is 6.54. The minimum Gasteiger partial charge on any atom is -0.487 e. The molecule has 3 aromatic rings. The lowest BCUT2D eigenvalue weighted by Crippen LogP contribution is -2.12. The van der Waals surface area contributed by atoms with Crippen molar-refractivity contribution in [1.82, 2.24) is 9.78 Å². The first-order valence-corrected chi connectivity index (χ1v) is 10.9. The van der Waals surface area contributed by atoms with Crippen molar-refractivity contribution in [1.29, 1.82) is 5.26 Å². The number of esters is 1. The van der Waals surface area contributed by atoms with Crippen LogP contribution in [0.1, 0.15) is 36.2 Å². The van der Waals surface area contributed by atoms with E-state index in [9.17, 15) is 10.1 Å². The maximum absolute atomic E-state index is 12.0. The lowest BCUT2D eigenvalue weighted by molar-refractivity contribution is -0.142. The summed E-state index contributed by atoms with van der Waals surface area (Å²) < 4.78 is 19.7. The third kappa shape index (κ3) is 4.58. The second-order valence-electron chi connectivity index (χ2n) is 7.23. The van der Waals surface area contributed by atoms with Gasteiger partial charge in [0.15, 0.2) is 0 Å². The number of benzene rings is 2. The Balaban J connectivity index is 1.64. The maximum Gasteiger partial charge on any atom is 0.310 e. The topological polar surface area (TPSA) is 86.4 Å². The van der Waals surface area contributed by atoms with Gasteiger partial charge in [-0.1, -0.05) is 22.0 Å². The monoisotopic (exact) mass is 483 g/mol. The lowest BCUT2D eigenvalue weighted by atomic mass is 10.0. The number of nitrogens with zero attached hydrogens (tertiary/aromatic N) is 3. The zero-order valence-corrected chi connectivity index (χ0v) is 18.7. The zero-order chi connectivity index (χ0) is 21.8. The summed E-state index contributed by atoms with van der Waals surface area (Å²) in [6.07, 6.45) is 0.897. The van der Waals surface area contributed by atoms with Crippen molar-refractivity contribution in [3.8, 4) is 11.8 Å². The van der Waals surface area contributed by atoms with Crippen molar-refractivity contribution in [2.24, 2.45) is 0 Å². The maximum atomic E-state index is 12.0. The van der Waals surface area contributed by atoms with E-state index in [1.165, 1.54) is 0 Å². The largest absolute Gasteiger partial charge is 0.487 e. The highest BCUT2D eigenvalue weighted by atomic mass is 79.9. The molecule has 7 nitrogen and oxygen atoms in total. The molecule has 8 heteroatoms. The van der Waals surface area contributed by atoms with Crippen LogP contribution >= 0.6 is 15.9 Å². The van der Waals surface area contributed by atoms with Crippen molar-refractivity contribution in [2.75, 3.05) is 19.8 Å². The highest BCUT2D eigenvalue weighted by molar-refractivity contribution is 9.10. The van der Waals surface area contributed by atoms with Crippen LogP contribution in [0.15, 0.2) is 40.9 Å². The molecule has 1 saturated heterocycles. The molecule has 1 aromatic heterocycles. The predicted molar refractivity (Wildman–Crippen MR) is 118 cm³/mol. The van der Waals surface area contributed by atoms with Crippen LogP contribution in [-0.2, 0) is 27.3 Å². The second kappa shape index (κ2) is 9.50. The van der Waals surface area contributed by atoms with Gasteiger partial charge in [-0.15, -0.1) is 0 Å². The number of hydrogen-bond donors (Lipinski definition) is 0. The molecule has 0 saturated carbocycles. The van der Waals surface area contributed by atoms with E-state index in [4.69, 9.17) is 19.3 Å². The summed E-state index contributed by atoms with van der Waals surface area (Å²) in [4.78, 5) is 12.0. The average Bonchev–Trinajstić information content (AvgIpc) is 3.41. The van der Waals surface area contributed by atoms with E-state index in [1.54, 1.807) is 25.1 Å². The SMILES string of the molecule is CCOC(=O)Cc1c(C#N)cccc1OCc1nn(C2CCOC2)c2ccc(Br)cc12. The Morgan fingerprint density at radius 1 is 1.39 bits per heavy atom. The normalized spacial score (nSPS) is 15.7. The fourth-order valence-electron chi connectivity index (χ4n) is 3.77. The third-order valence-corrected chi connectivity index (χ3v) is 5.73. The minimum atomic E-state index is -0.394. The first-order valence-electron chi connectivity index (χ1n) is 10.2. The lowest BCUT2D eigenvalue weighted by Gasteiger charge is -2.12. The molecule has 4 rings (SSSR count). The van der Waals surface area contributed by atoms with E-state index in [-0.39, 0.29) is 25.7 Å². The summed E-state index contributed by atoms with van der Waals surface area (Å²) in [5.41, 5.74) is 2.73. The van der Waals surface area contributed by atoms with Crippen molar-refractivity contribution in [2.45, 2.75) is 32.4 Å². The molecule has 31 heavy (non-hydrogen) atoms. The van der Waals surface area contributed by atoms with Gasteiger partial charge in [0, 0.05) is 22.0 Å². The van der Waals surface area contributed by atoms with Crippen molar-refractivity contribution in [3.63, 3.8) is 0 Å². The van der Waals surface area contributed by atoms with E-state index in [1.807, 2.05) is 22.9 Å². The summed E-state index contributed by atoms with van der Waals surface area (Å²) in [6.45, 7) is 3.61. The molecule has 1 unspecified atom stereocenters. The zero-order valence-electron chi connectivity index (χ0n) is 17.1. The van der Waals surface area contributed by atoms with Crippen LogP contribution in [0.2, 0.25) is 0 Å². The fraction of sp³-hybridized carbons (Fsp3) is 0.348. The van der Waals surface area contributed by atoms with Crippen LogP contribution in [0.4, 0.5) is 0 Å². The number of nitriles is 1. The standard InChI is InChI=1S/C23H22BrN3O4/c1-2-30-23(28)11-18-15(12-25)4-3-5-22(18)31-14-20-19-10-16(24)6-7-21(19)27(26-20)17-8-9-29-13-17/h3-7,10,17H,2,8-9,11,13-14H2,1H3. The predicted octanol–water partition coefficient (Wildman–Crippen LogP) is 4.32. The number of halogens is 1. The van der Waals surface area contributed by atoms with Gasteiger partial charge in [0.2, 0.25) is 0 Å². The molecular formula is C23H22BrN3O4. The second-order valence-corrected chi connectivity index (χ2v) is 8.15. The smallest absolute Gasteiger partial charge is 0.310 e. The van der Waals surface area contributed by atoms with Gasteiger partial charge in [-0.25, -0.2) is 0 Å². The minimum absolute atomic E-state index is 0.0208. The van der Waals surface area contributed by atoms with Gasteiger partial charge in [-0.2, -0.15) is 10.4 Å². The van der Waals surface area contributed by atoms with Crippen LogP contribution in [0.5, 0.6) is 5.75 Å². The van der Waals surface area contributed by atoms with E-state index in [0.717, 1.165) is 34.1 Å². The van der Waals surface area contributed by atoms with Crippen LogP contribution in [0.25, 0.3) is 10.9 Å². The van der Waals surface area contributed by atoms with Gasteiger partial charge in [-0.3, -0.25) is 9.48 Å². The summed E-state index contributed by atoms with van der Waals surface area (Å²) in [5, 5.41) is 15.3. The molecule has 2 heterocycles. The van der Waals surface area contributed by atoms with Gasteiger partial charge in [0.05, 0.1) is 42.8 Å². The first kappa shape index (κ1) is 21.3. The number of ether oxygens (including phenoxy) is 3. The third-order valence-electron chi connectivity index (χ3n) is 5.24. The van der Waals surface area contributed by atoms with Crippen LogP contribution in [0, 0.1) is 11.3 Å². The summed E-state index contributed by atoms with van der Waals surface area (Å²) in [6, 6.07) is 13.6. The molecule has 160 valence electrons. The van der Waals surface area contributed by atoms with E-state index in [0.29, 0.717) is 23.5 Å². The summed E-state index contributed by atoms with van der Waals surface area (Å²) in [7, 11) is 0. The number of aromatic nitrogens is 2. The highest BCUT2D eigenvalue weighted by Crippen LogP contribution is 2.30. The molecular weight excluding hydrogens is 462 g/mol. The van der Waals surface area contributed by atoms with Crippen LogP contribution < -0.4 is 4.74 Å². The summed E-state index contributed by atoms with van der Waals surface area (Å²) >= 11 is 3.54. The Morgan fingerprint density at radius 3 is 3.00 bits per heavy atom. The molecule has 0 aliphatic carbocycles. The van der Waals surface area contributed by atoms with Gasteiger partial charge in [0.1, 0.15) is 18.1 Å². The molecule has 0 bridgehead atoms. The first-order chi connectivity index (χ1) is 15.1. The molecule has 1 aliphatic heterocycles. The molecule has 0 spiro atoms. The number of carbonyl (C=O) groups excluding carboxylic acids is 1. The van der Waals surface area contributed by atoms with Crippen LogP contribution in [0.3, 0.4) is 0 Å². The fourth-order valence-corrected chi connectivity index (χ4v) is 4.13. The molecule has 1 atom stereocenters. The Labute approximate surface area is 188 Å². The number of hydrogen-bond acceptors (Lipinski definition) is 6. The average molecular weight is 484 g/mol. The molecule has 2 aromatic carbocycles. The van der Waals surface area contributed by atoms with Crippen LogP contribution in [-0.4, -0.2) is 35.6 Å². The quantitative estimate of drug-likeness (QED) is 0.465. The molecule has 0 N–H and O–H groups in total. The van der Waals surface area contributed by atoms with Crippen molar-refractivity contribution < 1.29 is 19.0 Å². The van der Waals surface area contributed by atoms with E-state index >= 15 is 0 Å². The Bertz CT molecular complexity index is 1150. The summed E-state index contributed by atoms with van der Waals surface area (Å²) in [5.74, 6) is 0.0870. The van der Waals surface area contributed by atoms with Gasteiger partial charge in [-0.05, 0) is 43.7 Å². The molecule has 0 radical (unpaired) electrons. The van der Waals surface area contributed by atoms with E-state index in [2.05, 4.69) is 22.0 Å². The number of carbonyl (C=O) groups is 1. The van der Waals surface area contributed by atoms with Gasteiger partial charge in [0.25, 0.3) is 0 Å². The Hall–Kier alpha value is -2.89. The number of rotatable bonds is 7.